The first kappa shape index (κ1) is 13.8. The van der Waals surface area contributed by atoms with Crippen molar-refractivity contribution in [1.29, 1.82) is 5.41 Å². The molecule has 0 aliphatic carbocycles. The summed E-state index contributed by atoms with van der Waals surface area (Å²) in [7, 11) is 0. The van der Waals surface area contributed by atoms with Gasteiger partial charge in [-0.3, -0.25) is 5.41 Å². The first-order valence-electron chi connectivity index (χ1n) is 6.25. The van der Waals surface area contributed by atoms with E-state index in [1.807, 2.05) is 13.8 Å². The first-order chi connectivity index (χ1) is 8.91. The van der Waals surface area contributed by atoms with Crippen LogP contribution in [0.3, 0.4) is 0 Å². The zero-order valence-electron chi connectivity index (χ0n) is 11.3. The lowest BCUT2D eigenvalue weighted by Gasteiger charge is -2.42. The number of anilines is 1. The SMILES string of the molecule is CC1(C)CN(c2cc(C(=N)N)ccn2)CC(CO)O1. The Balaban J connectivity index is 2.25. The minimum atomic E-state index is -0.348. The number of nitrogens with zero attached hydrogens (tertiary/aromatic N) is 2. The molecule has 2 rings (SSSR count). The largest absolute Gasteiger partial charge is 0.394 e. The van der Waals surface area contributed by atoms with Crippen LogP contribution in [0, 0.1) is 5.41 Å². The molecule has 0 aromatic carbocycles. The van der Waals surface area contributed by atoms with Crippen molar-refractivity contribution in [2.75, 3.05) is 24.6 Å². The highest BCUT2D eigenvalue weighted by molar-refractivity contribution is 5.95. The predicted octanol–water partition coefficient (Wildman–Crippen LogP) is 0.342. The smallest absolute Gasteiger partial charge is 0.129 e. The van der Waals surface area contributed by atoms with Crippen LogP contribution in [0.15, 0.2) is 18.3 Å². The highest BCUT2D eigenvalue weighted by Crippen LogP contribution is 2.25. The molecule has 6 heteroatoms. The zero-order chi connectivity index (χ0) is 14.0. The Morgan fingerprint density at radius 1 is 1.68 bits per heavy atom. The van der Waals surface area contributed by atoms with Crippen LogP contribution in [0.1, 0.15) is 19.4 Å². The van der Waals surface area contributed by atoms with Crippen molar-refractivity contribution < 1.29 is 9.84 Å². The standard InChI is InChI=1S/C13H20N4O2/c1-13(2)8-17(6-10(7-18)19-13)11-5-9(12(14)15)3-4-16-11/h3-5,10,18H,6-8H2,1-2H3,(H3,14,15). The summed E-state index contributed by atoms with van der Waals surface area (Å²) in [5.74, 6) is 0.775. The van der Waals surface area contributed by atoms with Crippen LogP contribution >= 0.6 is 0 Å². The lowest BCUT2D eigenvalue weighted by Crippen LogP contribution is -2.54. The maximum absolute atomic E-state index is 9.30. The Morgan fingerprint density at radius 2 is 2.42 bits per heavy atom. The third-order valence-electron chi connectivity index (χ3n) is 3.07. The second kappa shape index (κ2) is 5.14. The predicted molar refractivity (Wildman–Crippen MR) is 73.5 cm³/mol. The van der Waals surface area contributed by atoms with E-state index >= 15 is 0 Å². The number of hydrogen-bond donors (Lipinski definition) is 3. The molecule has 0 bridgehead atoms. The van der Waals surface area contributed by atoms with Crippen molar-refractivity contribution in [1.82, 2.24) is 4.98 Å². The van der Waals surface area contributed by atoms with Gasteiger partial charge in [-0.1, -0.05) is 0 Å². The number of morpholine rings is 1. The van der Waals surface area contributed by atoms with Gasteiger partial charge in [0.2, 0.25) is 0 Å². The average Bonchev–Trinajstić information content (AvgIpc) is 2.37. The summed E-state index contributed by atoms with van der Waals surface area (Å²) in [6.45, 7) is 5.20. The number of amidine groups is 1. The molecule has 1 fully saturated rings. The van der Waals surface area contributed by atoms with Crippen LogP contribution in [-0.2, 0) is 4.74 Å². The molecule has 1 atom stereocenters. The van der Waals surface area contributed by atoms with Gasteiger partial charge in [-0.15, -0.1) is 0 Å². The number of nitrogens with one attached hydrogen (secondary N) is 1. The fourth-order valence-electron chi connectivity index (χ4n) is 2.32. The minimum absolute atomic E-state index is 0.0215. The van der Waals surface area contributed by atoms with Gasteiger partial charge in [0.05, 0.1) is 18.3 Å². The molecule has 4 N–H and O–H groups in total. The summed E-state index contributed by atoms with van der Waals surface area (Å²) in [5.41, 5.74) is 5.79. The lowest BCUT2D eigenvalue weighted by atomic mass is 10.1. The van der Waals surface area contributed by atoms with Crippen molar-refractivity contribution in [3.63, 3.8) is 0 Å². The summed E-state index contributed by atoms with van der Waals surface area (Å²) in [4.78, 5) is 6.37. The van der Waals surface area contributed by atoms with Crippen molar-refractivity contribution in [3.8, 4) is 0 Å². The van der Waals surface area contributed by atoms with Crippen LogP contribution < -0.4 is 10.6 Å². The van der Waals surface area contributed by atoms with Gasteiger partial charge in [0.15, 0.2) is 0 Å². The Kier molecular flexibility index (Phi) is 3.73. The fourth-order valence-corrected chi connectivity index (χ4v) is 2.32. The second-order valence-electron chi connectivity index (χ2n) is 5.38. The number of nitrogen functional groups attached to an aromatic ring is 1. The molecule has 0 saturated carbocycles. The number of rotatable bonds is 3. The summed E-state index contributed by atoms with van der Waals surface area (Å²) >= 11 is 0. The molecule has 1 unspecified atom stereocenters. The van der Waals surface area contributed by atoms with Crippen LogP contribution in [0.4, 0.5) is 5.82 Å². The maximum Gasteiger partial charge on any atom is 0.129 e. The van der Waals surface area contributed by atoms with E-state index in [2.05, 4.69) is 9.88 Å². The van der Waals surface area contributed by atoms with Crippen LogP contribution in [-0.4, -0.2) is 47.3 Å². The Labute approximate surface area is 112 Å². The topological polar surface area (TPSA) is 95.5 Å². The molecule has 0 spiro atoms. The molecule has 0 radical (unpaired) electrons. The summed E-state index contributed by atoms with van der Waals surface area (Å²) in [6.07, 6.45) is 1.41. The van der Waals surface area contributed by atoms with E-state index in [0.29, 0.717) is 18.7 Å². The molecular weight excluding hydrogens is 244 g/mol. The average molecular weight is 264 g/mol. The molecule has 104 valence electrons. The normalized spacial score (nSPS) is 22.3. The van der Waals surface area contributed by atoms with E-state index in [-0.39, 0.29) is 24.1 Å². The van der Waals surface area contributed by atoms with Gasteiger partial charge in [-0.25, -0.2) is 4.98 Å². The van der Waals surface area contributed by atoms with E-state index in [9.17, 15) is 5.11 Å². The van der Waals surface area contributed by atoms with Crippen molar-refractivity contribution >= 4 is 11.7 Å². The number of aliphatic hydroxyl groups excluding tert-OH is 1. The molecule has 0 amide bonds. The van der Waals surface area contributed by atoms with Gasteiger partial charge in [0.1, 0.15) is 11.7 Å². The van der Waals surface area contributed by atoms with Gasteiger partial charge in [-0.2, -0.15) is 0 Å². The molecule has 1 aromatic rings. The molecule has 1 aliphatic heterocycles. The van der Waals surface area contributed by atoms with Crippen LogP contribution in [0.25, 0.3) is 0 Å². The van der Waals surface area contributed by atoms with Crippen molar-refractivity contribution in [3.05, 3.63) is 23.9 Å². The van der Waals surface area contributed by atoms with E-state index in [1.54, 1.807) is 18.3 Å². The molecule has 1 aliphatic rings. The Hall–Kier alpha value is -1.66. The molecular formula is C13H20N4O2. The van der Waals surface area contributed by atoms with Gasteiger partial charge >= 0.3 is 0 Å². The molecule has 2 heterocycles. The van der Waals surface area contributed by atoms with E-state index in [1.165, 1.54) is 0 Å². The fraction of sp³-hybridized carbons (Fsp3) is 0.538. The number of ether oxygens (including phenoxy) is 1. The molecule has 1 saturated heterocycles. The van der Waals surface area contributed by atoms with Crippen LogP contribution in [0.2, 0.25) is 0 Å². The van der Waals surface area contributed by atoms with E-state index < -0.39 is 0 Å². The van der Waals surface area contributed by atoms with E-state index in [0.717, 1.165) is 5.82 Å². The molecule has 19 heavy (non-hydrogen) atoms. The third kappa shape index (κ3) is 3.21. The number of pyridine rings is 1. The molecule has 1 aromatic heterocycles. The lowest BCUT2D eigenvalue weighted by molar-refractivity contribution is -0.101. The Morgan fingerprint density at radius 3 is 3.05 bits per heavy atom. The first-order valence-corrected chi connectivity index (χ1v) is 6.25. The number of aliphatic hydroxyl groups is 1. The number of aromatic nitrogens is 1. The summed E-state index contributed by atoms with van der Waals surface area (Å²) in [6, 6.07) is 3.50. The highest BCUT2D eigenvalue weighted by atomic mass is 16.5. The quantitative estimate of drug-likeness (QED) is 0.540. The third-order valence-corrected chi connectivity index (χ3v) is 3.07. The van der Waals surface area contributed by atoms with E-state index in [4.69, 9.17) is 15.9 Å². The van der Waals surface area contributed by atoms with Crippen molar-refractivity contribution in [2.45, 2.75) is 25.6 Å². The second-order valence-corrected chi connectivity index (χ2v) is 5.38. The monoisotopic (exact) mass is 264 g/mol. The number of hydrogen-bond acceptors (Lipinski definition) is 5. The maximum atomic E-state index is 9.30. The zero-order valence-corrected chi connectivity index (χ0v) is 11.3. The highest BCUT2D eigenvalue weighted by Gasteiger charge is 2.33. The number of nitrogens with two attached hydrogens (primary N) is 1. The Bertz CT molecular complexity index is 475. The molecule has 6 nitrogen and oxygen atoms in total. The van der Waals surface area contributed by atoms with Gasteiger partial charge in [0, 0.05) is 24.8 Å². The minimum Gasteiger partial charge on any atom is -0.394 e. The van der Waals surface area contributed by atoms with Crippen molar-refractivity contribution in [2.24, 2.45) is 5.73 Å². The van der Waals surface area contributed by atoms with Gasteiger partial charge in [-0.05, 0) is 26.0 Å². The summed E-state index contributed by atoms with van der Waals surface area (Å²) in [5, 5.41) is 16.8. The van der Waals surface area contributed by atoms with Gasteiger partial charge < -0.3 is 20.5 Å². The van der Waals surface area contributed by atoms with Gasteiger partial charge in [0.25, 0.3) is 0 Å². The summed E-state index contributed by atoms with van der Waals surface area (Å²) < 4.78 is 5.77. The van der Waals surface area contributed by atoms with Crippen LogP contribution in [0.5, 0.6) is 0 Å².